The number of hydrogen-bond acceptors (Lipinski definition) is 4. The molecule has 3 nitrogen and oxygen atoms in total. The molecule has 0 amide bonds. The Bertz CT molecular complexity index is 264. The molecule has 0 atom stereocenters. The molecule has 0 unspecified atom stereocenters. The van der Waals surface area contributed by atoms with Crippen LogP contribution in [0, 0.1) is 0 Å². The molecule has 1 aromatic rings. The van der Waals surface area contributed by atoms with Crippen molar-refractivity contribution in [1.29, 1.82) is 0 Å². The van der Waals surface area contributed by atoms with Crippen molar-refractivity contribution in [2.45, 2.75) is 13.0 Å². The molecule has 2 N–H and O–H groups in total. The smallest absolute Gasteiger partial charge is 0.251 e. The Morgan fingerprint density at radius 1 is 1.69 bits per heavy atom. The van der Waals surface area contributed by atoms with Crippen molar-refractivity contribution in [2.24, 2.45) is 0 Å². The molecule has 0 aliphatic heterocycles. The number of nitrogen functional groups attached to an aromatic ring is 1. The number of nitrogens with two attached hydrogens (primary N) is 1. The summed E-state index contributed by atoms with van der Waals surface area (Å²) in [5, 5.41) is 2.25. The van der Waals surface area contributed by atoms with Gasteiger partial charge in [-0.25, -0.2) is 13.8 Å². The zero-order valence-electron chi connectivity index (χ0n) is 7.20. The van der Waals surface area contributed by atoms with Crippen molar-refractivity contribution < 1.29 is 8.78 Å². The van der Waals surface area contributed by atoms with Crippen LogP contribution in [0.3, 0.4) is 0 Å². The summed E-state index contributed by atoms with van der Waals surface area (Å²) in [7, 11) is 1.63. The zero-order valence-corrected chi connectivity index (χ0v) is 8.02. The van der Waals surface area contributed by atoms with Crippen LogP contribution in [-0.4, -0.2) is 29.9 Å². The fraction of sp³-hybridized carbons (Fsp3) is 0.571. The normalized spacial score (nSPS) is 11.5. The van der Waals surface area contributed by atoms with Gasteiger partial charge in [0.1, 0.15) is 0 Å². The molecule has 0 aliphatic carbocycles. The standard InChI is InChI=1S/C7H11F2N3S/c1-12(3-6(8)9)2-5-4-13-7(10)11-5/h4,6H,2-3H2,1H3,(H2,10,11). The van der Waals surface area contributed by atoms with E-state index in [9.17, 15) is 8.78 Å². The Morgan fingerprint density at radius 3 is 2.85 bits per heavy atom. The predicted octanol–water partition coefficient (Wildman–Crippen LogP) is 1.42. The van der Waals surface area contributed by atoms with Crippen molar-refractivity contribution in [1.82, 2.24) is 9.88 Å². The average molecular weight is 207 g/mol. The number of halogens is 2. The molecule has 1 heterocycles. The van der Waals surface area contributed by atoms with Gasteiger partial charge in [0, 0.05) is 11.9 Å². The van der Waals surface area contributed by atoms with Crippen molar-refractivity contribution in [3.8, 4) is 0 Å². The zero-order chi connectivity index (χ0) is 9.84. The third kappa shape index (κ3) is 3.65. The summed E-state index contributed by atoms with van der Waals surface area (Å²) in [6, 6.07) is 0. The van der Waals surface area contributed by atoms with Crippen LogP contribution in [0.15, 0.2) is 5.38 Å². The molecule has 1 rings (SSSR count). The van der Waals surface area contributed by atoms with Crippen LogP contribution in [0.4, 0.5) is 13.9 Å². The summed E-state index contributed by atoms with van der Waals surface area (Å²) in [5.41, 5.74) is 6.14. The third-order valence-corrected chi connectivity index (χ3v) is 2.17. The maximum absolute atomic E-state index is 11.9. The van der Waals surface area contributed by atoms with Crippen LogP contribution in [-0.2, 0) is 6.54 Å². The van der Waals surface area contributed by atoms with E-state index in [2.05, 4.69) is 4.98 Å². The first-order valence-corrected chi connectivity index (χ1v) is 4.62. The van der Waals surface area contributed by atoms with Crippen LogP contribution < -0.4 is 5.73 Å². The average Bonchev–Trinajstić information content (AvgIpc) is 2.33. The first-order chi connectivity index (χ1) is 6.08. The number of thiazole rings is 1. The van der Waals surface area contributed by atoms with Gasteiger partial charge in [0.2, 0.25) is 0 Å². The monoisotopic (exact) mass is 207 g/mol. The van der Waals surface area contributed by atoms with Crippen LogP contribution in [0.2, 0.25) is 0 Å². The molecule has 0 saturated carbocycles. The van der Waals surface area contributed by atoms with Gasteiger partial charge in [-0.1, -0.05) is 0 Å². The number of hydrogen-bond donors (Lipinski definition) is 1. The highest BCUT2D eigenvalue weighted by Gasteiger charge is 2.09. The molecule has 0 radical (unpaired) electrons. The van der Waals surface area contributed by atoms with Gasteiger partial charge < -0.3 is 5.73 Å². The lowest BCUT2D eigenvalue weighted by molar-refractivity contribution is 0.0971. The number of nitrogens with zero attached hydrogens (tertiary/aromatic N) is 2. The van der Waals surface area contributed by atoms with Gasteiger partial charge >= 0.3 is 0 Å². The van der Waals surface area contributed by atoms with Gasteiger partial charge in [-0.3, -0.25) is 4.90 Å². The maximum Gasteiger partial charge on any atom is 0.251 e. The molecule has 6 heteroatoms. The van der Waals surface area contributed by atoms with E-state index in [-0.39, 0.29) is 6.54 Å². The molecule has 1 aromatic heterocycles. The van der Waals surface area contributed by atoms with Crippen molar-refractivity contribution in [3.63, 3.8) is 0 Å². The molecule has 74 valence electrons. The molecular formula is C7H11F2N3S. The Kier molecular flexibility index (Phi) is 3.56. The summed E-state index contributed by atoms with van der Waals surface area (Å²) < 4.78 is 23.8. The highest BCUT2D eigenvalue weighted by atomic mass is 32.1. The van der Waals surface area contributed by atoms with Crippen LogP contribution >= 0.6 is 11.3 Å². The molecule has 0 bridgehead atoms. The third-order valence-electron chi connectivity index (χ3n) is 1.45. The summed E-state index contributed by atoms with van der Waals surface area (Å²) >= 11 is 1.32. The van der Waals surface area contributed by atoms with E-state index in [0.717, 1.165) is 5.69 Å². The number of anilines is 1. The van der Waals surface area contributed by atoms with Crippen LogP contribution in [0.5, 0.6) is 0 Å². The van der Waals surface area contributed by atoms with Gasteiger partial charge in [0.15, 0.2) is 5.13 Å². The van der Waals surface area contributed by atoms with E-state index in [1.165, 1.54) is 16.2 Å². The van der Waals surface area contributed by atoms with Crippen molar-refractivity contribution in [2.75, 3.05) is 19.3 Å². The Hall–Kier alpha value is -0.750. The largest absolute Gasteiger partial charge is 0.375 e. The van der Waals surface area contributed by atoms with Crippen molar-refractivity contribution >= 4 is 16.5 Å². The number of rotatable bonds is 4. The van der Waals surface area contributed by atoms with Crippen LogP contribution in [0.25, 0.3) is 0 Å². The van der Waals surface area contributed by atoms with E-state index < -0.39 is 6.43 Å². The van der Waals surface area contributed by atoms with Crippen molar-refractivity contribution in [3.05, 3.63) is 11.1 Å². The van der Waals surface area contributed by atoms with E-state index in [4.69, 9.17) is 5.73 Å². The van der Waals surface area contributed by atoms with E-state index in [0.29, 0.717) is 11.7 Å². The number of aromatic nitrogens is 1. The topological polar surface area (TPSA) is 42.1 Å². The Labute approximate surface area is 79.2 Å². The molecule has 0 fully saturated rings. The van der Waals surface area contributed by atoms with Gasteiger partial charge in [0.05, 0.1) is 12.2 Å². The second-order valence-electron chi connectivity index (χ2n) is 2.76. The molecule has 0 saturated heterocycles. The lowest BCUT2D eigenvalue weighted by atomic mass is 10.4. The minimum absolute atomic E-state index is 0.239. The molecule has 0 aromatic carbocycles. The van der Waals surface area contributed by atoms with Gasteiger partial charge in [0.25, 0.3) is 6.43 Å². The van der Waals surface area contributed by atoms with Gasteiger partial charge in [-0.2, -0.15) is 0 Å². The summed E-state index contributed by atoms with van der Waals surface area (Å²) in [6.07, 6.45) is -2.30. The Morgan fingerprint density at radius 2 is 2.38 bits per heavy atom. The second kappa shape index (κ2) is 4.48. The minimum atomic E-state index is -2.30. The maximum atomic E-state index is 11.9. The van der Waals surface area contributed by atoms with E-state index >= 15 is 0 Å². The van der Waals surface area contributed by atoms with Gasteiger partial charge in [-0.05, 0) is 7.05 Å². The Balaban J connectivity index is 2.40. The van der Waals surface area contributed by atoms with Gasteiger partial charge in [-0.15, -0.1) is 11.3 Å². The molecule has 0 aliphatic rings. The molecule has 13 heavy (non-hydrogen) atoms. The lowest BCUT2D eigenvalue weighted by Gasteiger charge is -2.13. The summed E-state index contributed by atoms with van der Waals surface area (Å²) in [4.78, 5) is 5.48. The molecular weight excluding hydrogens is 196 g/mol. The predicted molar refractivity (Wildman–Crippen MR) is 48.9 cm³/mol. The summed E-state index contributed by atoms with van der Waals surface area (Å²) in [6.45, 7) is 0.176. The molecule has 0 spiro atoms. The second-order valence-corrected chi connectivity index (χ2v) is 3.65. The fourth-order valence-electron chi connectivity index (χ4n) is 0.972. The first kappa shape index (κ1) is 10.3. The SMILES string of the molecule is CN(Cc1csc(N)n1)CC(F)F. The highest BCUT2D eigenvalue weighted by Crippen LogP contribution is 2.12. The van der Waals surface area contributed by atoms with E-state index in [1.807, 2.05) is 0 Å². The van der Waals surface area contributed by atoms with Crippen LogP contribution in [0.1, 0.15) is 5.69 Å². The lowest BCUT2D eigenvalue weighted by Crippen LogP contribution is -2.24. The quantitative estimate of drug-likeness (QED) is 0.812. The first-order valence-electron chi connectivity index (χ1n) is 3.74. The highest BCUT2D eigenvalue weighted by molar-refractivity contribution is 7.13. The summed E-state index contributed by atoms with van der Waals surface area (Å²) in [5.74, 6) is 0. The number of alkyl halides is 2. The van der Waals surface area contributed by atoms with E-state index in [1.54, 1.807) is 12.4 Å². The minimum Gasteiger partial charge on any atom is -0.375 e. The fourth-order valence-corrected chi connectivity index (χ4v) is 1.53.